The van der Waals surface area contributed by atoms with Gasteiger partial charge in [0.25, 0.3) is 0 Å². The molecule has 33 heavy (non-hydrogen) atoms. The molecule has 0 atom stereocenters. The molecule has 0 bridgehead atoms. The van der Waals surface area contributed by atoms with Crippen LogP contribution in [0.5, 0.6) is 0 Å². The number of piperazine rings is 1. The van der Waals surface area contributed by atoms with Crippen molar-refractivity contribution in [3.63, 3.8) is 0 Å². The van der Waals surface area contributed by atoms with Gasteiger partial charge in [0, 0.05) is 37.8 Å². The van der Waals surface area contributed by atoms with E-state index in [-0.39, 0.29) is 11.7 Å². The fraction of sp³-hybridized carbons (Fsp3) is 0.435. The summed E-state index contributed by atoms with van der Waals surface area (Å²) in [7, 11) is -1.61. The number of pyridine rings is 1. The minimum Gasteiger partial charge on any atom is -0.354 e. The van der Waals surface area contributed by atoms with Crippen LogP contribution in [0, 0.1) is 5.92 Å². The van der Waals surface area contributed by atoms with Gasteiger partial charge in [0.05, 0.1) is 11.3 Å². The number of halogens is 3. The van der Waals surface area contributed by atoms with Crippen molar-refractivity contribution in [1.29, 1.82) is 0 Å². The standard InChI is InChI=1S/C23H27F3N4O2S/c1-16(2)15-33(31,32)30-9-8-19-20(17-4-6-18(7-5-17)23(24,25)26)14-21(27-22(19)30)29-12-10-28(3)11-13-29/h4-9,14,16H,10-13,15H2,1-3H3. The topological polar surface area (TPSA) is 58.4 Å². The minimum absolute atomic E-state index is 0.0349. The molecule has 4 rings (SSSR count). The highest BCUT2D eigenvalue weighted by Crippen LogP contribution is 2.35. The Morgan fingerprint density at radius 2 is 1.67 bits per heavy atom. The zero-order valence-corrected chi connectivity index (χ0v) is 19.6. The summed E-state index contributed by atoms with van der Waals surface area (Å²) in [5.41, 5.74) is 0.792. The summed E-state index contributed by atoms with van der Waals surface area (Å²) in [5, 5.41) is 0.583. The van der Waals surface area contributed by atoms with Crippen molar-refractivity contribution in [3.05, 3.63) is 48.2 Å². The van der Waals surface area contributed by atoms with Crippen LogP contribution < -0.4 is 4.90 Å². The first-order valence-corrected chi connectivity index (χ1v) is 12.4. The van der Waals surface area contributed by atoms with Gasteiger partial charge in [-0.2, -0.15) is 13.2 Å². The zero-order valence-electron chi connectivity index (χ0n) is 18.8. The highest BCUT2D eigenvalue weighted by atomic mass is 32.2. The Kier molecular flexibility index (Phi) is 6.17. The molecule has 3 heterocycles. The zero-order chi connectivity index (χ0) is 24.0. The number of hydrogen-bond donors (Lipinski definition) is 0. The first-order valence-electron chi connectivity index (χ1n) is 10.8. The normalized spacial score (nSPS) is 16.2. The van der Waals surface area contributed by atoms with Crippen molar-refractivity contribution < 1.29 is 21.6 Å². The summed E-state index contributed by atoms with van der Waals surface area (Å²) in [5.74, 6) is 0.514. The number of hydrogen-bond acceptors (Lipinski definition) is 5. The molecule has 0 saturated carbocycles. The summed E-state index contributed by atoms with van der Waals surface area (Å²) in [4.78, 5) is 8.99. The van der Waals surface area contributed by atoms with E-state index in [1.54, 1.807) is 6.07 Å². The van der Waals surface area contributed by atoms with Gasteiger partial charge in [-0.3, -0.25) is 0 Å². The fourth-order valence-corrected chi connectivity index (χ4v) is 5.73. The predicted molar refractivity (Wildman–Crippen MR) is 124 cm³/mol. The van der Waals surface area contributed by atoms with E-state index in [4.69, 9.17) is 4.98 Å². The van der Waals surface area contributed by atoms with E-state index >= 15 is 0 Å². The van der Waals surface area contributed by atoms with Crippen LogP contribution in [-0.2, 0) is 16.2 Å². The lowest BCUT2D eigenvalue weighted by atomic mass is 10.0. The average Bonchev–Trinajstić information content (AvgIpc) is 3.17. The maximum atomic E-state index is 13.1. The Hall–Kier alpha value is -2.59. The number of fused-ring (bicyclic) bond motifs is 1. The number of alkyl halides is 3. The van der Waals surface area contributed by atoms with Gasteiger partial charge >= 0.3 is 6.18 Å². The van der Waals surface area contributed by atoms with Gasteiger partial charge in [-0.25, -0.2) is 17.4 Å². The van der Waals surface area contributed by atoms with Gasteiger partial charge in [-0.1, -0.05) is 26.0 Å². The Balaban J connectivity index is 1.88. The Bertz CT molecular complexity index is 1240. The van der Waals surface area contributed by atoms with Crippen molar-refractivity contribution in [1.82, 2.24) is 13.9 Å². The Morgan fingerprint density at radius 1 is 1.03 bits per heavy atom. The maximum Gasteiger partial charge on any atom is 0.416 e. The van der Waals surface area contributed by atoms with E-state index in [0.29, 0.717) is 28.0 Å². The molecule has 0 amide bonds. The van der Waals surface area contributed by atoms with Crippen LogP contribution >= 0.6 is 0 Å². The number of likely N-dealkylation sites (N-methyl/N-ethyl adjacent to an activating group) is 1. The monoisotopic (exact) mass is 480 g/mol. The van der Waals surface area contributed by atoms with Gasteiger partial charge in [-0.15, -0.1) is 0 Å². The van der Waals surface area contributed by atoms with E-state index in [1.807, 2.05) is 27.0 Å². The molecule has 2 aromatic heterocycles. The van der Waals surface area contributed by atoms with Crippen molar-refractivity contribution in [2.75, 3.05) is 43.9 Å². The summed E-state index contributed by atoms with van der Waals surface area (Å²) in [6, 6.07) is 8.44. The smallest absolute Gasteiger partial charge is 0.354 e. The van der Waals surface area contributed by atoms with Gasteiger partial charge in [0.1, 0.15) is 5.82 Å². The lowest BCUT2D eigenvalue weighted by molar-refractivity contribution is -0.137. The van der Waals surface area contributed by atoms with Crippen LogP contribution in [-0.4, -0.2) is 61.3 Å². The second-order valence-electron chi connectivity index (χ2n) is 8.91. The van der Waals surface area contributed by atoms with Crippen molar-refractivity contribution in [3.8, 4) is 11.1 Å². The Labute approximate surface area is 191 Å². The van der Waals surface area contributed by atoms with Crippen molar-refractivity contribution in [2.45, 2.75) is 20.0 Å². The third-order valence-corrected chi connectivity index (χ3v) is 7.79. The maximum absolute atomic E-state index is 13.1. The number of anilines is 1. The fourth-order valence-electron chi connectivity index (χ4n) is 4.07. The van der Waals surface area contributed by atoms with Gasteiger partial charge < -0.3 is 9.80 Å². The van der Waals surface area contributed by atoms with E-state index in [2.05, 4.69) is 9.80 Å². The Morgan fingerprint density at radius 3 is 2.24 bits per heavy atom. The second kappa shape index (κ2) is 8.64. The molecule has 0 unspecified atom stereocenters. The van der Waals surface area contributed by atoms with Crippen LogP contribution in [0.4, 0.5) is 19.0 Å². The van der Waals surface area contributed by atoms with Crippen molar-refractivity contribution >= 4 is 26.9 Å². The lowest BCUT2D eigenvalue weighted by Crippen LogP contribution is -2.44. The highest BCUT2D eigenvalue weighted by Gasteiger charge is 2.30. The first-order chi connectivity index (χ1) is 15.5. The molecule has 1 fully saturated rings. The summed E-state index contributed by atoms with van der Waals surface area (Å²) >= 11 is 0. The van der Waals surface area contributed by atoms with Gasteiger partial charge in [0.2, 0.25) is 10.0 Å². The number of rotatable bonds is 5. The van der Waals surface area contributed by atoms with Crippen LogP contribution in [0.2, 0.25) is 0 Å². The molecular weight excluding hydrogens is 453 g/mol. The SMILES string of the molecule is CC(C)CS(=O)(=O)n1ccc2c(-c3ccc(C(F)(F)F)cc3)cc(N3CCN(C)CC3)nc21. The summed E-state index contributed by atoms with van der Waals surface area (Å²) in [6.07, 6.45) is -2.94. The molecule has 0 N–H and O–H groups in total. The highest BCUT2D eigenvalue weighted by molar-refractivity contribution is 7.90. The molecule has 0 aliphatic carbocycles. The van der Waals surface area contributed by atoms with Crippen LogP contribution in [0.1, 0.15) is 19.4 Å². The van der Waals surface area contributed by atoms with E-state index in [1.165, 1.54) is 22.3 Å². The van der Waals surface area contributed by atoms with Gasteiger partial charge in [0.15, 0.2) is 5.65 Å². The minimum atomic E-state index is -4.43. The summed E-state index contributed by atoms with van der Waals surface area (Å²) in [6.45, 7) is 6.78. The number of nitrogens with zero attached hydrogens (tertiary/aromatic N) is 4. The molecule has 1 aromatic carbocycles. The van der Waals surface area contributed by atoms with Crippen LogP contribution in [0.15, 0.2) is 42.6 Å². The molecular formula is C23H27F3N4O2S. The predicted octanol–water partition coefficient (Wildman–Crippen LogP) is 4.31. The largest absolute Gasteiger partial charge is 0.416 e. The molecule has 178 valence electrons. The third-order valence-electron chi connectivity index (χ3n) is 5.80. The molecule has 1 aliphatic heterocycles. The third kappa shape index (κ3) is 4.86. The molecule has 10 heteroatoms. The molecule has 6 nitrogen and oxygen atoms in total. The quantitative estimate of drug-likeness (QED) is 0.545. The van der Waals surface area contributed by atoms with Crippen LogP contribution in [0.3, 0.4) is 0 Å². The van der Waals surface area contributed by atoms with E-state index in [0.717, 1.165) is 38.3 Å². The van der Waals surface area contributed by atoms with Crippen LogP contribution in [0.25, 0.3) is 22.2 Å². The first kappa shape index (κ1) is 23.6. The molecule has 1 aliphatic rings. The van der Waals surface area contributed by atoms with E-state index < -0.39 is 21.8 Å². The van der Waals surface area contributed by atoms with Crippen molar-refractivity contribution in [2.24, 2.45) is 5.92 Å². The molecule has 0 radical (unpaired) electrons. The number of aromatic nitrogens is 2. The van der Waals surface area contributed by atoms with Gasteiger partial charge in [-0.05, 0) is 48.4 Å². The summed E-state index contributed by atoms with van der Waals surface area (Å²) < 4.78 is 66.4. The second-order valence-corrected chi connectivity index (χ2v) is 10.8. The van der Waals surface area contributed by atoms with E-state index in [9.17, 15) is 21.6 Å². The number of benzene rings is 1. The molecule has 3 aromatic rings. The molecule has 1 saturated heterocycles. The average molecular weight is 481 g/mol. The lowest BCUT2D eigenvalue weighted by Gasteiger charge is -2.33. The molecule has 0 spiro atoms.